The Morgan fingerprint density at radius 2 is 2.05 bits per heavy atom. The average Bonchev–Trinajstić information content (AvgIpc) is 2.85. The number of aromatic nitrogens is 1. The highest BCUT2D eigenvalue weighted by molar-refractivity contribution is 9.09. The maximum atomic E-state index is 4.80. The van der Waals surface area contributed by atoms with Crippen molar-refractivity contribution in [3.05, 3.63) is 29.3 Å². The zero-order chi connectivity index (χ0) is 13.7. The first-order valence-electron chi connectivity index (χ1n) is 7.13. The number of alkyl halides is 1. The van der Waals surface area contributed by atoms with E-state index in [1.165, 1.54) is 35.4 Å². The molecule has 1 aromatic carbocycles. The molecule has 0 N–H and O–H groups in total. The molecule has 0 amide bonds. The molecular formula is C16H22BrNS. The molecule has 1 unspecified atom stereocenters. The number of halogens is 1. The van der Waals surface area contributed by atoms with E-state index >= 15 is 0 Å². The van der Waals surface area contributed by atoms with Crippen LogP contribution in [-0.2, 0) is 6.42 Å². The Kier molecular flexibility index (Phi) is 5.40. The van der Waals surface area contributed by atoms with Crippen molar-refractivity contribution in [2.75, 3.05) is 5.33 Å². The zero-order valence-corrected chi connectivity index (χ0v) is 14.2. The second-order valence-electron chi connectivity index (χ2n) is 5.34. The zero-order valence-electron chi connectivity index (χ0n) is 11.8. The van der Waals surface area contributed by atoms with Crippen LogP contribution in [0.3, 0.4) is 0 Å². The molecule has 0 radical (unpaired) electrons. The largest absolute Gasteiger partial charge is 0.241 e. The Bertz CT molecular complexity index is 483. The van der Waals surface area contributed by atoms with Crippen molar-refractivity contribution in [1.29, 1.82) is 0 Å². The van der Waals surface area contributed by atoms with E-state index in [2.05, 4.69) is 54.0 Å². The Morgan fingerprint density at radius 1 is 1.26 bits per heavy atom. The summed E-state index contributed by atoms with van der Waals surface area (Å²) in [6, 6.07) is 8.45. The lowest BCUT2D eigenvalue weighted by Gasteiger charge is -2.30. The SMILES string of the molecule is CCCCC(CC)(CBr)Cc1nc2ccccc2s1. The van der Waals surface area contributed by atoms with Gasteiger partial charge in [-0.3, -0.25) is 0 Å². The molecule has 0 spiro atoms. The summed E-state index contributed by atoms with van der Waals surface area (Å²) in [6.45, 7) is 4.58. The molecule has 0 fully saturated rings. The fraction of sp³-hybridized carbons (Fsp3) is 0.562. The predicted molar refractivity (Wildman–Crippen MR) is 89.4 cm³/mol. The first kappa shape index (κ1) is 15.0. The number of unbranched alkanes of at least 4 members (excludes halogenated alkanes) is 1. The summed E-state index contributed by atoms with van der Waals surface area (Å²) in [5, 5.41) is 2.37. The van der Waals surface area contributed by atoms with Crippen molar-refractivity contribution < 1.29 is 0 Å². The number of hydrogen-bond donors (Lipinski definition) is 0. The van der Waals surface area contributed by atoms with Gasteiger partial charge in [0.05, 0.1) is 15.2 Å². The first-order valence-corrected chi connectivity index (χ1v) is 9.07. The van der Waals surface area contributed by atoms with Gasteiger partial charge in [0, 0.05) is 11.8 Å². The molecule has 0 aliphatic heterocycles. The molecule has 1 atom stereocenters. The highest BCUT2D eigenvalue weighted by Gasteiger charge is 2.28. The molecule has 3 heteroatoms. The Balaban J connectivity index is 2.20. The molecule has 0 saturated carbocycles. The van der Waals surface area contributed by atoms with Gasteiger partial charge in [-0.1, -0.05) is 54.8 Å². The van der Waals surface area contributed by atoms with Gasteiger partial charge < -0.3 is 0 Å². The van der Waals surface area contributed by atoms with Crippen LogP contribution in [0.25, 0.3) is 10.2 Å². The van der Waals surface area contributed by atoms with Crippen molar-refractivity contribution in [2.45, 2.75) is 46.0 Å². The van der Waals surface area contributed by atoms with Crippen LogP contribution in [0.15, 0.2) is 24.3 Å². The van der Waals surface area contributed by atoms with Crippen molar-refractivity contribution in [3.8, 4) is 0 Å². The number of thiazole rings is 1. The minimum absolute atomic E-state index is 0.379. The minimum atomic E-state index is 0.379. The summed E-state index contributed by atoms with van der Waals surface area (Å²) < 4.78 is 1.31. The summed E-state index contributed by atoms with van der Waals surface area (Å²) in [5.74, 6) is 0. The van der Waals surface area contributed by atoms with Crippen LogP contribution in [0.1, 0.15) is 44.5 Å². The van der Waals surface area contributed by atoms with Crippen LogP contribution in [-0.4, -0.2) is 10.3 Å². The average molecular weight is 340 g/mol. The number of hydrogen-bond acceptors (Lipinski definition) is 2. The van der Waals surface area contributed by atoms with Crippen LogP contribution < -0.4 is 0 Å². The number of fused-ring (bicyclic) bond motifs is 1. The maximum Gasteiger partial charge on any atom is 0.0944 e. The molecule has 1 heterocycles. The van der Waals surface area contributed by atoms with E-state index in [4.69, 9.17) is 4.98 Å². The quantitative estimate of drug-likeness (QED) is 0.579. The highest BCUT2D eigenvalue weighted by atomic mass is 79.9. The fourth-order valence-corrected chi connectivity index (χ4v) is 4.48. The third-order valence-electron chi connectivity index (χ3n) is 3.96. The first-order chi connectivity index (χ1) is 9.23. The van der Waals surface area contributed by atoms with Gasteiger partial charge in [0.15, 0.2) is 0 Å². The third kappa shape index (κ3) is 3.57. The Labute approximate surface area is 128 Å². The van der Waals surface area contributed by atoms with E-state index in [0.717, 1.165) is 17.3 Å². The summed E-state index contributed by atoms with van der Waals surface area (Å²) in [6.07, 6.45) is 6.20. The van der Waals surface area contributed by atoms with Crippen molar-refractivity contribution in [3.63, 3.8) is 0 Å². The number of benzene rings is 1. The lowest BCUT2D eigenvalue weighted by atomic mass is 9.79. The summed E-state index contributed by atoms with van der Waals surface area (Å²) >= 11 is 5.60. The number of nitrogens with zero attached hydrogens (tertiary/aromatic N) is 1. The van der Waals surface area contributed by atoms with Crippen LogP contribution in [0.2, 0.25) is 0 Å². The topological polar surface area (TPSA) is 12.9 Å². The Hall–Kier alpha value is -0.410. The van der Waals surface area contributed by atoms with Gasteiger partial charge in [0.1, 0.15) is 0 Å². The standard InChI is InChI=1S/C16H22BrNS/c1-3-5-10-16(4-2,12-17)11-15-18-13-8-6-7-9-14(13)19-15/h6-9H,3-5,10-12H2,1-2H3. The molecule has 0 saturated heterocycles. The molecule has 1 aromatic heterocycles. The second-order valence-corrected chi connectivity index (χ2v) is 7.02. The van der Waals surface area contributed by atoms with Crippen LogP contribution in [0.5, 0.6) is 0 Å². The molecule has 1 nitrogen and oxygen atoms in total. The number of rotatable bonds is 7. The van der Waals surface area contributed by atoms with Gasteiger partial charge in [-0.15, -0.1) is 11.3 Å². The summed E-state index contributed by atoms with van der Waals surface area (Å²) in [7, 11) is 0. The van der Waals surface area contributed by atoms with Gasteiger partial charge in [0.25, 0.3) is 0 Å². The molecule has 2 aromatic rings. The molecule has 0 aliphatic carbocycles. The smallest absolute Gasteiger partial charge is 0.0944 e. The fourth-order valence-electron chi connectivity index (χ4n) is 2.47. The number of para-hydroxylation sites is 1. The van der Waals surface area contributed by atoms with Crippen LogP contribution >= 0.6 is 27.3 Å². The van der Waals surface area contributed by atoms with Gasteiger partial charge >= 0.3 is 0 Å². The normalized spacial score (nSPS) is 14.7. The molecule has 0 aliphatic rings. The van der Waals surface area contributed by atoms with Gasteiger partial charge in [0.2, 0.25) is 0 Å². The van der Waals surface area contributed by atoms with E-state index in [0.29, 0.717) is 5.41 Å². The summed E-state index contributed by atoms with van der Waals surface area (Å²) in [4.78, 5) is 4.80. The second kappa shape index (κ2) is 6.85. The highest BCUT2D eigenvalue weighted by Crippen LogP contribution is 2.37. The van der Waals surface area contributed by atoms with Crippen molar-refractivity contribution in [2.24, 2.45) is 5.41 Å². The van der Waals surface area contributed by atoms with Crippen LogP contribution in [0.4, 0.5) is 0 Å². The van der Waals surface area contributed by atoms with Gasteiger partial charge in [-0.25, -0.2) is 4.98 Å². The van der Waals surface area contributed by atoms with E-state index in [1.54, 1.807) is 0 Å². The Morgan fingerprint density at radius 3 is 2.68 bits per heavy atom. The maximum absolute atomic E-state index is 4.80. The predicted octanol–water partition coefficient (Wildman–Crippen LogP) is 5.82. The third-order valence-corrected chi connectivity index (χ3v) is 6.18. The van der Waals surface area contributed by atoms with E-state index in [1.807, 2.05) is 11.3 Å². The van der Waals surface area contributed by atoms with E-state index in [9.17, 15) is 0 Å². The van der Waals surface area contributed by atoms with Gasteiger partial charge in [-0.05, 0) is 30.4 Å². The lowest BCUT2D eigenvalue weighted by molar-refractivity contribution is 0.283. The molecule has 0 bridgehead atoms. The van der Waals surface area contributed by atoms with E-state index < -0.39 is 0 Å². The van der Waals surface area contributed by atoms with Gasteiger partial charge in [-0.2, -0.15) is 0 Å². The monoisotopic (exact) mass is 339 g/mol. The molecule has 2 rings (SSSR count). The van der Waals surface area contributed by atoms with E-state index in [-0.39, 0.29) is 0 Å². The molecular weight excluding hydrogens is 318 g/mol. The van der Waals surface area contributed by atoms with Crippen LogP contribution in [0, 0.1) is 5.41 Å². The summed E-state index contributed by atoms with van der Waals surface area (Å²) in [5.41, 5.74) is 1.53. The molecule has 19 heavy (non-hydrogen) atoms. The minimum Gasteiger partial charge on any atom is -0.241 e. The van der Waals surface area contributed by atoms with Crippen molar-refractivity contribution in [1.82, 2.24) is 4.98 Å². The van der Waals surface area contributed by atoms with Crippen molar-refractivity contribution >= 4 is 37.5 Å². The molecule has 104 valence electrons. The lowest BCUT2D eigenvalue weighted by Crippen LogP contribution is -2.24.